The van der Waals surface area contributed by atoms with Crippen LogP contribution in [0.5, 0.6) is 5.75 Å². The minimum absolute atomic E-state index is 0.00484. The molecular weight excluding hydrogens is 453 g/mol. The summed E-state index contributed by atoms with van der Waals surface area (Å²) in [4.78, 5) is 37.1. The van der Waals surface area contributed by atoms with E-state index >= 15 is 0 Å². The number of hydrogen-bond donors (Lipinski definition) is 1. The molecule has 1 atom stereocenters. The molecule has 1 unspecified atom stereocenters. The Morgan fingerprint density at radius 1 is 1.12 bits per heavy atom. The number of carbonyl (C=O) groups is 1. The van der Waals surface area contributed by atoms with Crippen LogP contribution >= 0.6 is 0 Å². The molecule has 0 amide bonds. The van der Waals surface area contributed by atoms with Gasteiger partial charge in [0.15, 0.2) is 0 Å². The fraction of sp³-hybridized carbons (Fsp3) is 0.150. The minimum Gasteiger partial charge on any atom is -0.449 e. The van der Waals surface area contributed by atoms with Crippen LogP contribution in [0.4, 0.5) is 18.0 Å². The molecular formula is C20H15F3N2O6S. The van der Waals surface area contributed by atoms with Gasteiger partial charge in [0.05, 0.1) is 24.0 Å². The van der Waals surface area contributed by atoms with Gasteiger partial charge in [-0.3, -0.25) is 18.1 Å². The second kappa shape index (κ2) is 8.83. The fourth-order valence-corrected chi connectivity index (χ4v) is 3.41. The van der Waals surface area contributed by atoms with Gasteiger partial charge in [-0.05, 0) is 42.0 Å². The average Bonchev–Trinajstić information content (AvgIpc) is 2.72. The molecule has 3 aromatic rings. The van der Waals surface area contributed by atoms with Crippen molar-refractivity contribution in [3.63, 3.8) is 0 Å². The molecule has 1 N–H and O–H groups in total. The van der Waals surface area contributed by atoms with Gasteiger partial charge in [0.2, 0.25) is 5.75 Å². The van der Waals surface area contributed by atoms with Gasteiger partial charge in [-0.1, -0.05) is 12.1 Å². The number of aromatic nitrogens is 2. The molecule has 0 aliphatic carbocycles. The molecule has 2 aromatic carbocycles. The number of hydrogen-bond acceptors (Lipinski definition) is 5. The molecule has 0 bridgehead atoms. The third-order valence-corrected chi connectivity index (χ3v) is 5.31. The third-order valence-electron chi connectivity index (χ3n) is 4.38. The van der Waals surface area contributed by atoms with Crippen LogP contribution in [0.25, 0.3) is 5.69 Å². The highest BCUT2D eigenvalue weighted by Crippen LogP contribution is 2.29. The van der Waals surface area contributed by atoms with Crippen molar-refractivity contribution in [1.29, 1.82) is 0 Å². The monoisotopic (exact) mass is 468 g/mol. The van der Waals surface area contributed by atoms with Crippen molar-refractivity contribution in [2.45, 2.75) is 17.6 Å². The summed E-state index contributed by atoms with van der Waals surface area (Å²) in [5.74, 6) is -0.716. The van der Waals surface area contributed by atoms with Crippen LogP contribution in [0, 0.1) is 0 Å². The molecule has 0 saturated carbocycles. The summed E-state index contributed by atoms with van der Waals surface area (Å²) >= 11 is 0. The number of nitrogens with zero attached hydrogens (tertiary/aromatic N) is 2. The molecule has 0 aliphatic heterocycles. The van der Waals surface area contributed by atoms with E-state index < -0.39 is 52.2 Å². The summed E-state index contributed by atoms with van der Waals surface area (Å²) in [5.41, 5.74) is -2.84. The van der Waals surface area contributed by atoms with E-state index in [9.17, 15) is 31.8 Å². The zero-order valence-electron chi connectivity index (χ0n) is 16.3. The van der Waals surface area contributed by atoms with Crippen molar-refractivity contribution in [3.8, 4) is 11.4 Å². The largest absolute Gasteiger partial charge is 0.511 e. The standard InChI is InChI=1S/C20H15F3N2O6S/c1-32(30)15-7-5-14(6-8-15)24-11-16(31-19(28)29)17(26)25(18(24)27)10-12-3-2-4-13(9-12)20(21,22)23/h2-9,11H,10H2,1H3,(H,28,29). The molecule has 0 aliphatic rings. The van der Waals surface area contributed by atoms with Crippen LogP contribution in [0.1, 0.15) is 11.1 Å². The van der Waals surface area contributed by atoms with Crippen molar-refractivity contribution in [2.75, 3.05) is 6.26 Å². The minimum atomic E-state index is -4.63. The Bertz CT molecular complexity index is 1310. The molecule has 0 saturated heterocycles. The van der Waals surface area contributed by atoms with E-state index in [-0.39, 0.29) is 11.3 Å². The average molecular weight is 468 g/mol. The maximum atomic E-state index is 13.0. The van der Waals surface area contributed by atoms with E-state index in [2.05, 4.69) is 4.74 Å². The fourth-order valence-electron chi connectivity index (χ4n) is 2.89. The predicted molar refractivity (Wildman–Crippen MR) is 108 cm³/mol. The number of ether oxygens (including phenoxy) is 1. The number of alkyl halides is 3. The van der Waals surface area contributed by atoms with Gasteiger partial charge in [0.25, 0.3) is 5.56 Å². The summed E-state index contributed by atoms with van der Waals surface area (Å²) in [6.07, 6.45) is -4.11. The SMILES string of the molecule is CS(=O)c1ccc(-n2cc(OC(=O)O)c(=O)n(Cc3cccc(C(F)(F)F)c3)c2=O)cc1. The topological polar surface area (TPSA) is 108 Å². The van der Waals surface area contributed by atoms with E-state index in [1.807, 2.05) is 0 Å². The maximum Gasteiger partial charge on any atom is 0.511 e. The Labute approximate surface area is 180 Å². The first-order valence-electron chi connectivity index (χ1n) is 8.84. The Kier molecular flexibility index (Phi) is 6.35. The van der Waals surface area contributed by atoms with Gasteiger partial charge in [0, 0.05) is 22.0 Å². The van der Waals surface area contributed by atoms with E-state index in [1.165, 1.54) is 36.6 Å². The van der Waals surface area contributed by atoms with Crippen molar-refractivity contribution < 1.29 is 32.0 Å². The van der Waals surface area contributed by atoms with Crippen molar-refractivity contribution in [1.82, 2.24) is 9.13 Å². The molecule has 32 heavy (non-hydrogen) atoms. The van der Waals surface area contributed by atoms with Crippen molar-refractivity contribution in [3.05, 3.63) is 86.7 Å². The van der Waals surface area contributed by atoms with Gasteiger partial charge >= 0.3 is 18.0 Å². The number of halogens is 3. The lowest BCUT2D eigenvalue weighted by Gasteiger charge is -2.14. The quantitative estimate of drug-likeness (QED) is 0.577. The molecule has 1 heterocycles. The molecule has 12 heteroatoms. The molecule has 0 radical (unpaired) electrons. The highest BCUT2D eigenvalue weighted by molar-refractivity contribution is 7.84. The second-order valence-corrected chi connectivity index (χ2v) is 7.93. The van der Waals surface area contributed by atoms with E-state index in [0.29, 0.717) is 9.46 Å². The molecule has 8 nitrogen and oxygen atoms in total. The lowest BCUT2D eigenvalue weighted by Crippen LogP contribution is -2.40. The van der Waals surface area contributed by atoms with Crippen LogP contribution in [0.2, 0.25) is 0 Å². The van der Waals surface area contributed by atoms with Gasteiger partial charge < -0.3 is 9.84 Å². The van der Waals surface area contributed by atoms with Crippen LogP contribution in [0.15, 0.2) is 69.2 Å². The van der Waals surface area contributed by atoms with Gasteiger partial charge in [0.1, 0.15) is 0 Å². The van der Waals surface area contributed by atoms with Gasteiger partial charge in [-0.25, -0.2) is 9.59 Å². The van der Waals surface area contributed by atoms with Crippen molar-refractivity contribution >= 4 is 17.0 Å². The first-order valence-corrected chi connectivity index (χ1v) is 10.4. The second-order valence-electron chi connectivity index (χ2n) is 6.55. The maximum absolute atomic E-state index is 13.0. The first kappa shape index (κ1) is 23.0. The number of carboxylic acid groups (broad SMARTS) is 1. The lowest BCUT2D eigenvalue weighted by atomic mass is 10.1. The summed E-state index contributed by atoms with van der Waals surface area (Å²) in [7, 11) is -1.29. The molecule has 0 spiro atoms. The molecule has 0 fully saturated rings. The summed E-state index contributed by atoms with van der Waals surface area (Å²) in [6, 6.07) is 9.82. The van der Waals surface area contributed by atoms with Crippen LogP contribution in [0.3, 0.4) is 0 Å². The van der Waals surface area contributed by atoms with Crippen LogP contribution < -0.4 is 16.0 Å². The van der Waals surface area contributed by atoms with Crippen molar-refractivity contribution in [2.24, 2.45) is 0 Å². The highest BCUT2D eigenvalue weighted by Gasteiger charge is 2.30. The third kappa shape index (κ3) is 4.97. The summed E-state index contributed by atoms with van der Waals surface area (Å²) in [6.45, 7) is -0.560. The molecule has 168 valence electrons. The van der Waals surface area contributed by atoms with Gasteiger partial charge in [-0.2, -0.15) is 13.2 Å². The Balaban J connectivity index is 2.16. The number of benzene rings is 2. The van der Waals surface area contributed by atoms with Gasteiger partial charge in [-0.15, -0.1) is 0 Å². The highest BCUT2D eigenvalue weighted by atomic mass is 32.2. The summed E-state index contributed by atoms with van der Waals surface area (Å²) in [5, 5.41) is 8.91. The van der Waals surface area contributed by atoms with E-state index in [4.69, 9.17) is 5.11 Å². The lowest BCUT2D eigenvalue weighted by molar-refractivity contribution is -0.137. The zero-order chi connectivity index (χ0) is 23.6. The Morgan fingerprint density at radius 2 is 1.78 bits per heavy atom. The Hall–Kier alpha value is -3.67. The molecule has 1 aromatic heterocycles. The Morgan fingerprint density at radius 3 is 2.34 bits per heavy atom. The predicted octanol–water partition coefficient (Wildman–Crippen LogP) is 2.86. The molecule has 3 rings (SSSR count). The van der Waals surface area contributed by atoms with E-state index in [1.54, 1.807) is 0 Å². The first-order chi connectivity index (χ1) is 15.0. The normalized spacial score (nSPS) is 12.4. The van der Waals surface area contributed by atoms with Crippen LogP contribution in [-0.2, 0) is 23.5 Å². The van der Waals surface area contributed by atoms with Crippen LogP contribution in [-0.4, -0.2) is 30.9 Å². The zero-order valence-corrected chi connectivity index (χ0v) is 17.1. The smallest absolute Gasteiger partial charge is 0.449 e. The summed E-state index contributed by atoms with van der Waals surface area (Å²) < 4.78 is 56.5. The van der Waals surface area contributed by atoms with E-state index in [0.717, 1.165) is 29.0 Å². The number of rotatable bonds is 5.